The lowest BCUT2D eigenvalue weighted by atomic mass is 10.0. The van der Waals surface area contributed by atoms with Crippen molar-refractivity contribution >= 4 is 15.9 Å². The highest BCUT2D eigenvalue weighted by Gasteiger charge is 2.16. The van der Waals surface area contributed by atoms with E-state index in [1.165, 1.54) is 6.92 Å². The number of hydrogen-bond donors (Lipinski definition) is 1. The van der Waals surface area contributed by atoms with E-state index in [2.05, 4.69) is 18.6 Å². The van der Waals surface area contributed by atoms with Gasteiger partial charge < -0.3 is 4.90 Å². The molecule has 0 heterocycles. The average molecular weight is 389 g/mol. The van der Waals surface area contributed by atoms with E-state index < -0.39 is 10.0 Å². The summed E-state index contributed by atoms with van der Waals surface area (Å²) < 4.78 is 27.5. The molecule has 5 nitrogen and oxygen atoms in total. The van der Waals surface area contributed by atoms with Crippen LogP contribution in [0.4, 0.5) is 0 Å². The summed E-state index contributed by atoms with van der Waals surface area (Å²) in [5.41, 5.74) is 3.27. The second kappa shape index (κ2) is 9.15. The fourth-order valence-corrected chi connectivity index (χ4v) is 3.71. The zero-order valence-corrected chi connectivity index (χ0v) is 17.2. The van der Waals surface area contributed by atoms with Crippen LogP contribution in [-0.2, 0) is 21.4 Å². The lowest BCUT2D eigenvalue weighted by Gasteiger charge is -2.21. The maximum Gasteiger partial charge on any atom is 0.240 e. The van der Waals surface area contributed by atoms with Gasteiger partial charge in [0.15, 0.2) is 0 Å². The molecule has 2 aromatic rings. The molecular formula is C21H28N2O3S. The molecule has 0 unspecified atom stereocenters. The van der Waals surface area contributed by atoms with Crippen LogP contribution in [0, 0.1) is 6.92 Å². The van der Waals surface area contributed by atoms with Gasteiger partial charge in [0, 0.05) is 26.6 Å². The van der Waals surface area contributed by atoms with E-state index in [0.717, 1.165) is 16.7 Å². The van der Waals surface area contributed by atoms with E-state index >= 15 is 0 Å². The molecule has 0 saturated carbocycles. The largest absolute Gasteiger partial charge is 0.337 e. The van der Waals surface area contributed by atoms with Crippen molar-refractivity contribution in [1.29, 1.82) is 0 Å². The van der Waals surface area contributed by atoms with Crippen LogP contribution < -0.4 is 4.72 Å². The third-order valence-electron chi connectivity index (χ3n) is 4.47. The summed E-state index contributed by atoms with van der Waals surface area (Å²) in [6, 6.07) is 14.8. The molecule has 0 aliphatic heterocycles. The Labute approximate surface area is 162 Å². The second-order valence-corrected chi connectivity index (χ2v) is 8.81. The van der Waals surface area contributed by atoms with Gasteiger partial charge in [-0.2, -0.15) is 0 Å². The number of carbonyl (C=O) groups excluding carboxylic acids is 1. The molecule has 0 aromatic heterocycles. The SMILES string of the molecule is CC(=O)N(CCNS(=O)(=O)c1ccc(C(C)C)cc1)Cc1ccc(C)cc1. The number of carbonyl (C=O) groups is 1. The Balaban J connectivity index is 1.96. The van der Waals surface area contributed by atoms with Crippen LogP contribution in [-0.4, -0.2) is 32.3 Å². The van der Waals surface area contributed by atoms with Gasteiger partial charge in [0.2, 0.25) is 15.9 Å². The molecule has 0 fully saturated rings. The summed E-state index contributed by atoms with van der Waals surface area (Å²) in [6.07, 6.45) is 0. The van der Waals surface area contributed by atoms with Crippen molar-refractivity contribution in [1.82, 2.24) is 9.62 Å². The highest BCUT2D eigenvalue weighted by molar-refractivity contribution is 7.89. The molecule has 0 radical (unpaired) electrons. The minimum absolute atomic E-state index is 0.0870. The summed E-state index contributed by atoms with van der Waals surface area (Å²) in [5.74, 6) is 0.261. The first kappa shape index (κ1) is 21.1. The van der Waals surface area contributed by atoms with E-state index in [-0.39, 0.29) is 17.3 Å². The summed E-state index contributed by atoms with van der Waals surface area (Å²) in [7, 11) is -3.59. The van der Waals surface area contributed by atoms with Crippen LogP contribution in [0.2, 0.25) is 0 Å². The molecule has 0 saturated heterocycles. The molecule has 1 amide bonds. The maximum atomic E-state index is 12.4. The lowest BCUT2D eigenvalue weighted by molar-refractivity contribution is -0.129. The molecule has 0 spiro atoms. The Morgan fingerprint density at radius 3 is 2.15 bits per heavy atom. The first-order chi connectivity index (χ1) is 12.7. The van der Waals surface area contributed by atoms with Crippen molar-refractivity contribution in [3.63, 3.8) is 0 Å². The Bertz CT molecular complexity index is 857. The highest BCUT2D eigenvalue weighted by Crippen LogP contribution is 2.17. The number of sulfonamides is 1. The average Bonchev–Trinajstić information content (AvgIpc) is 2.62. The first-order valence-corrected chi connectivity index (χ1v) is 10.6. The maximum absolute atomic E-state index is 12.4. The molecule has 1 N–H and O–H groups in total. The molecule has 146 valence electrons. The molecule has 0 atom stereocenters. The van der Waals surface area contributed by atoms with Gasteiger partial charge in [-0.05, 0) is 36.1 Å². The number of aryl methyl sites for hydroxylation is 1. The van der Waals surface area contributed by atoms with Crippen LogP contribution in [0.5, 0.6) is 0 Å². The summed E-state index contributed by atoms with van der Waals surface area (Å²) in [4.78, 5) is 13.8. The van der Waals surface area contributed by atoms with Gasteiger partial charge >= 0.3 is 0 Å². The zero-order valence-electron chi connectivity index (χ0n) is 16.4. The molecule has 6 heteroatoms. The predicted octanol–water partition coefficient (Wildman–Crippen LogP) is 3.45. The Morgan fingerprint density at radius 2 is 1.63 bits per heavy atom. The van der Waals surface area contributed by atoms with Crippen molar-refractivity contribution in [3.05, 3.63) is 65.2 Å². The van der Waals surface area contributed by atoms with Crippen LogP contribution in [0.1, 0.15) is 43.4 Å². The van der Waals surface area contributed by atoms with Crippen LogP contribution in [0.25, 0.3) is 0 Å². The minimum atomic E-state index is -3.59. The molecule has 0 aliphatic rings. The molecule has 0 bridgehead atoms. The fourth-order valence-electron chi connectivity index (χ4n) is 2.69. The van der Waals surface area contributed by atoms with Crippen LogP contribution in [0.3, 0.4) is 0 Å². The number of nitrogens with one attached hydrogen (secondary N) is 1. The number of nitrogens with zero attached hydrogens (tertiary/aromatic N) is 1. The van der Waals surface area contributed by atoms with Gasteiger partial charge in [-0.25, -0.2) is 13.1 Å². The number of benzene rings is 2. The molecule has 0 aliphatic carbocycles. The smallest absolute Gasteiger partial charge is 0.240 e. The van der Waals surface area contributed by atoms with Gasteiger partial charge in [-0.1, -0.05) is 55.8 Å². The normalized spacial score (nSPS) is 11.6. The second-order valence-electron chi connectivity index (χ2n) is 7.05. The van der Waals surface area contributed by atoms with Gasteiger partial charge in [-0.3, -0.25) is 4.79 Å². The van der Waals surface area contributed by atoms with E-state index in [1.807, 2.05) is 43.3 Å². The number of amides is 1. The van der Waals surface area contributed by atoms with E-state index in [0.29, 0.717) is 19.0 Å². The van der Waals surface area contributed by atoms with E-state index in [1.54, 1.807) is 17.0 Å². The van der Waals surface area contributed by atoms with E-state index in [4.69, 9.17) is 0 Å². The first-order valence-electron chi connectivity index (χ1n) is 9.09. The Morgan fingerprint density at radius 1 is 1.04 bits per heavy atom. The van der Waals surface area contributed by atoms with Crippen molar-refractivity contribution in [2.45, 2.75) is 45.1 Å². The summed E-state index contributed by atoms with van der Waals surface area (Å²) in [6.45, 7) is 8.56. The molecule has 27 heavy (non-hydrogen) atoms. The molecule has 2 rings (SSSR count). The number of hydrogen-bond acceptors (Lipinski definition) is 3. The lowest BCUT2D eigenvalue weighted by Crippen LogP contribution is -2.37. The number of rotatable bonds is 8. The molecular weight excluding hydrogens is 360 g/mol. The standard InChI is InChI=1S/C21H28N2O3S/c1-16(2)20-9-11-21(12-10-20)27(25,26)22-13-14-23(18(4)24)15-19-7-5-17(3)6-8-19/h5-12,16,22H,13-15H2,1-4H3. The van der Waals surface area contributed by atoms with Gasteiger partial charge in [-0.15, -0.1) is 0 Å². The van der Waals surface area contributed by atoms with Crippen LogP contribution >= 0.6 is 0 Å². The quantitative estimate of drug-likeness (QED) is 0.753. The van der Waals surface area contributed by atoms with Gasteiger partial charge in [0.25, 0.3) is 0 Å². The van der Waals surface area contributed by atoms with Crippen molar-refractivity contribution in [3.8, 4) is 0 Å². The third kappa shape index (κ3) is 6.19. The fraction of sp³-hybridized carbons (Fsp3) is 0.381. The van der Waals surface area contributed by atoms with Crippen molar-refractivity contribution < 1.29 is 13.2 Å². The van der Waals surface area contributed by atoms with Gasteiger partial charge in [0.1, 0.15) is 0 Å². The highest BCUT2D eigenvalue weighted by atomic mass is 32.2. The molecule has 2 aromatic carbocycles. The third-order valence-corrected chi connectivity index (χ3v) is 5.95. The monoisotopic (exact) mass is 388 g/mol. The van der Waals surface area contributed by atoms with E-state index in [9.17, 15) is 13.2 Å². The topological polar surface area (TPSA) is 66.5 Å². The van der Waals surface area contributed by atoms with Gasteiger partial charge in [0.05, 0.1) is 4.90 Å². The Hall–Kier alpha value is -2.18. The minimum Gasteiger partial charge on any atom is -0.337 e. The zero-order chi connectivity index (χ0) is 20.0. The Kier molecular flexibility index (Phi) is 7.16. The van der Waals surface area contributed by atoms with Crippen LogP contribution in [0.15, 0.2) is 53.4 Å². The predicted molar refractivity (Wildman–Crippen MR) is 108 cm³/mol. The summed E-state index contributed by atoms with van der Waals surface area (Å²) in [5, 5.41) is 0. The van der Waals surface area contributed by atoms with Crippen molar-refractivity contribution in [2.24, 2.45) is 0 Å². The van der Waals surface area contributed by atoms with Crippen molar-refractivity contribution in [2.75, 3.05) is 13.1 Å². The summed E-state index contributed by atoms with van der Waals surface area (Å²) >= 11 is 0.